The Morgan fingerprint density at radius 2 is 2.09 bits per heavy atom. The summed E-state index contributed by atoms with van der Waals surface area (Å²) >= 11 is 0. The van der Waals surface area contributed by atoms with Crippen molar-refractivity contribution in [3.8, 4) is 11.5 Å². The fourth-order valence-corrected chi connectivity index (χ4v) is 2.99. The molecule has 5 nitrogen and oxygen atoms in total. The quantitative estimate of drug-likeness (QED) is 0.908. The third-order valence-corrected chi connectivity index (χ3v) is 4.15. The Hall–Kier alpha value is -1.75. The van der Waals surface area contributed by atoms with E-state index in [0.717, 1.165) is 12.8 Å². The number of carbonyl (C=O) groups is 1. The van der Waals surface area contributed by atoms with E-state index in [-0.39, 0.29) is 12.0 Å². The molecule has 0 saturated heterocycles. The average Bonchev–Trinajstić information content (AvgIpc) is 3.06. The lowest BCUT2D eigenvalue weighted by molar-refractivity contribution is -0.131. The van der Waals surface area contributed by atoms with Crippen LogP contribution in [0, 0.1) is 0 Å². The second kappa shape index (κ2) is 7.01. The number of hydrogen-bond donors (Lipinski definition) is 1. The number of amides is 1. The molecular formula is C17H23NO4. The van der Waals surface area contributed by atoms with Gasteiger partial charge in [-0.1, -0.05) is 25.8 Å². The minimum Gasteiger partial charge on any atom is -0.486 e. The molecule has 1 amide bonds. The van der Waals surface area contributed by atoms with Gasteiger partial charge in [-0.05, 0) is 31.4 Å². The van der Waals surface area contributed by atoms with Crippen LogP contribution in [-0.4, -0.2) is 31.3 Å². The second-order valence-electron chi connectivity index (χ2n) is 5.76. The van der Waals surface area contributed by atoms with Crippen LogP contribution in [0.25, 0.3) is 0 Å². The second-order valence-corrected chi connectivity index (χ2v) is 5.76. The summed E-state index contributed by atoms with van der Waals surface area (Å²) in [6.45, 7) is 3.00. The first-order valence-electron chi connectivity index (χ1n) is 8.13. The maximum Gasteiger partial charge on any atom is 0.253 e. The first kappa shape index (κ1) is 15.2. The minimum atomic E-state index is -0.413. The van der Waals surface area contributed by atoms with E-state index >= 15 is 0 Å². The SMILES string of the molecule is CCC(OC1CCCC1)C(=O)Nc1cccc2c1OCCO2. The van der Waals surface area contributed by atoms with Crippen molar-refractivity contribution in [1.29, 1.82) is 0 Å². The largest absolute Gasteiger partial charge is 0.486 e. The lowest BCUT2D eigenvalue weighted by atomic mass is 10.2. The van der Waals surface area contributed by atoms with Crippen LogP contribution in [0.1, 0.15) is 39.0 Å². The maximum absolute atomic E-state index is 12.5. The molecule has 1 N–H and O–H groups in total. The lowest BCUT2D eigenvalue weighted by Crippen LogP contribution is -2.33. The standard InChI is InChI=1S/C17H23NO4/c1-2-14(22-12-6-3-4-7-12)17(19)18-13-8-5-9-15-16(13)21-11-10-20-15/h5,8-9,12,14H,2-4,6-7,10-11H2,1H3,(H,18,19). The molecule has 1 saturated carbocycles. The maximum atomic E-state index is 12.5. The summed E-state index contributed by atoms with van der Waals surface area (Å²) in [5.74, 6) is 1.17. The summed E-state index contributed by atoms with van der Waals surface area (Å²) in [4.78, 5) is 12.5. The molecule has 1 aliphatic carbocycles. The summed E-state index contributed by atoms with van der Waals surface area (Å²) in [6, 6.07) is 5.52. The van der Waals surface area contributed by atoms with Gasteiger partial charge in [-0.25, -0.2) is 0 Å². The van der Waals surface area contributed by atoms with Crippen LogP contribution >= 0.6 is 0 Å². The number of ether oxygens (including phenoxy) is 3. The molecule has 0 aromatic heterocycles. The van der Waals surface area contributed by atoms with E-state index in [1.165, 1.54) is 12.8 Å². The lowest BCUT2D eigenvalue weighted by Gasteiger charge is -2.23. The Balaban J connectivity index is 1.67. The van der Waals surface area contributed by atoms with E-state index in [1.54, 1.807) is 0 Å². The Morgan fingerprint density at radius 1 is 1.32 bits per heavy atom. The number of anilines is 1. The van der Waals surface area contributed by atoms with Crippen molar-refractivity contribution in [3.63, 3.8) is 0 Å². The molecule has 1 unspecified atom stereocenters. The molecule has 1 aromatic carbocycles. The zero-order valence-corrected chi connectivity index (χ0v) is 13.0. The third kappa shape index (κ3) is 3.35. The summed E-state index contributed by atoms with van der Waals surface area (Å²) < 4.78 is 17.1. The number of carbonyl (C=O) groups excluding carboxylic acids is 1. The van der Waals surface area contributed by atoms with Gasteiger partial charge in [-0.2, -0.15) is 0 Å². The van der Waals surface area contributed by atoms with Crippen molar-refractivity contribution < 1.29 is 19.0 Å². The Morgan fingerprint density at radius 3 is 2.86 bits per heavy atom. The first-order valence-corrected chi connectivity index (χ1v) is 8.13. The van der Waals surface area contributed by atoms with E-state index < -0.39 is 6.10 Å². The molecule has 22 heavy (non-hydrogen) atoms. The molecule has 0 radical (unpaired) electrons. The Kier molecular flexibility index (Phi) is 4.83. The van der Waals surface area contributed by atoms with E-state index in [4.69, 9.17) is 14.2 Å². The van der Waals surface area contributed by atoms with Gasteiger partial charge in [0.25, 0.3) is 5.91 Å². The van der Waals surface area contributed by atoms with E-state index in [2.05, 4.69) is 5.32 Å². The van der Waals surface area contributed by atoms with E-state index in [0.29, 0.717) is 36.8 Å². The number of fused-ring (bicyclic) bond motifs is 1. The third-order valence-electron chi connectivity index (χ3n) is 4.15. The molecular weight excluding hydrogens is 282 g/mol. The molecule has 3 rings (SSSR count). The number of nitrogens with one attached hydrogen (secondary N) is 1. The molecule has 0 spiro atoms. The fraction of sp³-hybridized carbons (Fsp3) is 0.588. The number of benzene rings is 1. The molecule has 1 aromatic rings. The van der Waals surface area contributed by atoms with Gasteiger partial charge < -0.3 is 19.5 Å². The monoisotopic (exact) mass is 305 g/mol. The summed E-state index contributed by atoms with van der Waals surface area (Å²) in [7, 11) is 0. The highest BCUT2D eigenvalue weighted by Gasteiger charge is 2.26. The number of hydrogen-bond acceptors (Lipinski definition) is 4. The van der Waals surface area contributed by atoms with Gasteiger partial charge in [0.1, 0.15) is 19.3 Å². The predicted octanol–water partition coefficient (Wildman–Crippen LogP) is 3.13. The van der Waals surface area contributed by atoms with Crippen molar-refractivity contribution in [2.45, 2.75) is 51.2 Å². The number of para-hydroxylation sites is 1. The molecule has 1 aliphatic heterocycles. The molecule has 1 atom stereocenters. The smallest absolute Gasteiger partial charge is 0.253 e. The Labute approximate surface area is 130 Å². The van der Waals surface area contributed by atoms with Crippen LogP contribution in [0.5, 0.6) is 11.5 Å². The van der Waals surface area contributed by atoms with Gasteiger partial charge in [0.15, 0.2) is 11.5 Å². The molecule has 1 fully saturated rings. The highest BCUT2D eigenvalue weighted by Crippen LogP contribution is 2.37. The first-order chi connectivity index (χ1) is 10.8. The van der Waals surface area contributed by atoms with Gasteiger partial charge in [0, 0.05) is 0 Å². The molecule has 5 heteroatoms. The molecule has 120 valence electrons. The topological polar surface area (TPSA) is 56.8 Å². The van der Waals surface area contributed by atoms with Crippen molar-refractivity contribution in [2.24, 2.45) is 0 Å². The van der Waals surface area contributed by atoms with Gasteiger partial charge in [-0.15, -0.1) is 0 Å². The van der Waals surface area contributed by atoms with Crippen LogP contribution in [0.15, 0.2) is 18.2 Å². The molecule has 1 heterocycles. The van der Waals surface area contributed by atoms with Gasteiger partial charge >= 0.3 is 0 Å². The number of rotatable bonds is 5. The van der Waals surface area contributed by atoms with Crippen molar-refractivity contribution in [2.75, 3.05) is 18.5 Å². The predicted molar refractivity (Wildman–Crippen MR) is 83.5 cm³/mol. The zero-order valence-electron chi connectivity index (χ0n) is 13.0. The van der Waals surface area contributed by atoms with Crippen molar-refractivity contribution >= 4 is 11.6 Å². The normalized spacial score (nSPS) is 19.0. The zero-order chi connectivity index (χ0) is 15.4. The Bertz CT molecular complexity index is 525. The summed E-state index contributed by atoms with van der Waals surface area (Å²) in [5.41, 5.74) is 0.649. The van der Waals surface area contributed by atoms with Crippen LogP contribution in [-0.2, 0) is 9.53 Å². The highest BCUT2D eigenvalue weighted by atomic mass is 16.6. The summed E-state index contributed by atoms with van der Waals surface area (Å²) in [6.07, 6.45) is 4.97. The molecule has 2 aliphatic rings. The van der Waals surface area contributed by atoms with Crippen molar-refractivity contribution in [3.05, 3.63) is 18.2 Å². The van der Waals surface area contributed by atoms with E-state index in [9.17, 15) is 4.79 Å². The van der Waals surface area contributed by atoms with Crippen molar-refractivity contribution in [1.82, 2.24) is 0 Å². The van der Waals surface area contributed by atoms with Crippen LogP contribution in [0.4, 0.5) is 5.69 Å². The van der Waals surface area contributed by atoms with Crippen LogP contribution in [0.2, 0.25) is 0 Å². The molecule has 0 bridgehead atoms. The van der Waals surface area contributed by atoms with Gasteiger partial charge in [0.05, 0.1) is 11.8 Å². The van der Waals surface area contributed by atoms with Crippen LogP contribution < -0.4 is 14.8 Å². The van der Waals surface area contributed by atoms with Crippen LogP contribution in [0.3, 0.4) is 0 Å². The van der Waals surface area contributed by atoms with Gasteiger partial charge in [0.2, 0.25) is 0 Å². The summed E-state index contributed by atoms with van der Waals surface area (Å²) in [5, 5.41) is 2.93. The van der Waals surface area contributed by atoms with Gasteiger partial charge in [-0.3, -0.25) is 4.79 Å². The average molecular weight is 305 g/mol. The van der Waals surface area contributed by atoms with E-state index in [1.807, 2.05) is 25.1 Å². The fourth-order valence-electron chi connectivity index (χ4n) is 2.99. The highest BCUT2D eigenvalue weighted by molar-refractivity contribution is 5.96. The minimum absolute atomic E-state index is 0.114.